The highest BCUT2D eigenvalue weighted by molar-refractivity contribution is 5.90. The minimum absolute atomic E-state index is 0.00800. The Bertz CT molecular complexity index is 1310. The summed E-state index contributed by atoms with van der Waals surface area (Å²) in [5.74, 6) is -0.849. The fourth-order valence-corrected chi connectivity index (χ4v) is 4.60. The van der Waals surface area contributed by atoms with E-state index >= 15 is 0 Å². The number of phenols is 1. The Kier molecular flexibility index (Phi) is 3.84. The van der Waals surface area contributed by atoms with Gasteiger partial charge in [-0.2, -0.15) is 0 Å². The fraction of sp³-hybridized carbons (Fsp3) is 0.318. The topological polar surface area (TPSA) is 122 Å². The Hall–Kier alpha value is -3.23. The zero-order chi connectivity index (χ0) is 21.4. The van der Waals surface area contributed by atoms with Gasteiger partial charge in [0.2, 0.25) is 6.29 Å². The number of carbonyl (C=O) groups is 1. The van der Waals surface area contributed by atoms with Crippen LogP contribution in [0.2, 0.25) is 0 Å². The van der Waals surface area contributed by atoms with E-state index in [-0.39, 0.29) is 29.8 Å². The van der Waals surface area contributed by atoms with E-state index in [1.54, 1.807) is 31.2 Å². The van der Waals surface area contributed by atoms with Gasteiger partial charge in [0.05, 0.1) is 29.0 Å². The maximum absolute atomic E-state index is 13.3. The van der Waals surface area contributed by atoms with Crippen LogP contribution in [0.5, 0.6) is 5.75 Å². The molecule has 30 heavy (non-hydrogen) atoms. The van der Waals surface area contributed by atoms with E-state index in [1.807, 2.05) is 6.92 Å². The van der Waals surface area contributed by atoms with Crippen molar-refractivity contribution in [1.29, 1.82) is 0 Å². The summed E-state index contributed by atoms with van der Waals surface area (Å²) in [6.45, 7) is 3.83. The second kappa shape index (κ2) is 6.13. The number of aromatic nitrogens is 2. The van der Waals surface area contributed by atoms with Crippen LogP contribution in [-0.2, 0) is 28.1 Å². The number of carbonyl (C=O) groups excluding carboxylic acids is 1. The number of rotatable bonds is 2. The predicted molar refractivity (Wildman–Crippen MR) is 107 cm³/mol. The van der Waals surface area contributed by atoms with Crippen LogP contribution in [0.15, 0.2) is 29.1 Å². The first-order valence-electron chi connectivity index (χ1n) is 9.84. The average Bonchev–Trinajstić information content (AvgIpc) is 3.09. The molecular weight excluding hydrogens is 389 g/mol. The fourth-order valence-electron chi connectivity index (χ4n) is 4.60. The molecule has 0 saturated heterocycles. The lowest BCUT2D eigenvalue weighted by Gasteiger charge is -2.34. The lowest BCUT2D eigenvalue weighted by Crippen LogP contribution is -2.46. The lowest BCUT2D eigenvalue weighted by molar-refractivity contribution is -0.199. The Morgan fingerprint density at radius 3 is 2.73 bits per heavy atom. The van der Waals surface area contributed by atoms with E-state index in [0.29, 0.717) is 23.3 Å². The van der Waals surface area contributed by atoms with Crippen molar-refractivity contribution in [2.45, 2.75) is 45.1 Å². The molecule has 2 aromatic heterocycles. The molecule has 2 aliphatic rings. The molecule has 3 aromatic rings. The molecule has 2 atom stereocenters. The molecular formula is C22H20N2O6. The van der Waals surface area contributed by atoms with Crippen LogP contribution < -0.4 is 5.56 Å². The molecule has 1 aromatic carbocycles. The number of aliphatic hydroxyl groups is 2. The first-order chi connectivity index (χ1) is 14.3. The van der Waals surface area contributed by atoms with E-state index in [1.165, 1.54) is 4.57 Å². The zero-order valence-electron chi connectivity index (χ0n) is 16.5. The molecule has 0 bridgehead atoms. The smallest absolute Gasteiger partial charge is 0.345 e. The van der Waals surface area contributed by atoms with Crippen molar-refractivity contribution in [3.8, 4) is 17.1 Å². The Balaban J connectivity index is 1.85. The number of aryl methyl sites for hydroxylation is 1. The third-order valence-electron chi connectivity index (χ3n) is 6.20. The number of benzene rings is 1. The SMILES string of the molecule is CC[13c]1c2c(nc3ccc(O)cc31)-c1cc3c(c(=O)n1C2)C(O)OC(=O)[C@]3(O)CC. The van der Waals surface area contributed by atoms with Gasteiger partial charge in [-0.15, -0.1) is 0 Å². The number of phenolic OH excluding ortho intramolecular Hbond substituents is 1. The monoisotopic (exact) mass is 409 g/mol. The minimum atomic E-state index is -2.01. The summed E-state index contributed by atoms with van der Waals surface area (Å²) in [4.78, 5) is 30.3. The molecule has 0 amide bonds. The van der Waals surface area contributed by atoms with E-state index in [0.717, 1.165) is 16.5 Å². The van der Waals surface area contributed by atoms with Gasteiger partial charge in [-0.25, -0.2) is 9.78 Å². The second-order valence-electron chi connectivity index (χ2n) is 7.69. The minimum Gasteiger partial charge on any atom is -0.508 e. The predicted octanol–water partition coefficient (Wildman–Crippen LogP) is 1.84. The van der Waals surface area contributed by atoms with E-state index in [4.69, 9.17) is 9.72 Å². The molecule has 3 N–H and O–H groups in total. The van der Waals surface area contributed by atoms with Crippen molar-refractivity contribution in [3.05, 3.63) is 56.9 Å². The van der Waals surface area contributed by atoms with Crippen molar-refractivity contribution < 1.29 is 24.9 Å². The number of hydrogen-bond acceptors (Lipinski definition) is 7. The first-order valence-corrected chi connectivity index (χ1v) is 9.84. The van der Waals surface area contributed by atoms with Gasteiger partial charge < -0.3 is 24.6 Å². The van der Waals surface area contributed by atoms with Gasteiger partial charge in [0, 0.05) is 16.5 Å². The van der Waals surface area contributed by atoms with Gasteiger partial charge in [-0.3, -0.25) is 4.79 Å². The summed E-state index contributed by atoms with van der Waals surface area (Å²) in [7, 11) is 0. The van der Waals surface area contributed by atoms with Gasteiger partial charge in [-0.1, -0.05) is 13.8 Å². The van der Waals surface area contributed by atoms with E-state index in [9.17, 15) is 24.9 Å². The summed E-state index contributed by atoms with van der Waals surface area (Å²) >= 11 is 0. The van der Waals surface area contributed by atoms with Crippen LogP contribution >= 0.6 is 0 Å². The number of aliphatic hydroxyl groups excluding tert-OH is 1. The van der Waals surface area contributed by atoms with Crippen molar-refractivity contribution in [2.75, 3.05) is 0 Å². The van der Waals surface area contributed by atoms with Gasteiger partial charge in [-0.05, 0) is 42.7 Å². The number of aromatic hydroxyl groups is 1. The number of fused-ring (bicyclic) bond motifs is 5. The highest BCUT2D eigenvalue weighted by atomic mass is 16.6. The quantitative estimate of drug-likeness (QED) is 0.432. The lowest BCUT2D eigenvalue weighted by atomic mass is 9.85. The molecule has 1 unspecified atom stereocenters. The van der Waals surface area contributed by atoms with Crippen LogP contribution in [0.3, 0.4) is 0 Å². The van der Waals surface area contributed by atoms with Gasteiger partial charge in [0.25, 0.3) is 5.56 Å². The second-order valence-corrected chi connectivity index (χ2v) is 7.69. The average molecular weight is 409 g/mol. The molecule has 2 aliphatic heterocycles. The van der Waals surface area contributed by atoms with E-state index < -0.39 is 23.4 Å². The summed E-state index contributed by atoms with van der Waals surface area (Å²) in [5, 5.41) is 31.9. The molecule has 0 saturated carbocycles. The van der Waals surface area contributed by atoms with Gasteiger partial charge in [0.15, 0.2) is 5.60 Å². The number of pyridine rings is 2. The molecule has 0 spiro atoms. The summed E-state index contributed by atoms with van der Waals surface area (Å²) in [5.41, 5.74) is 0.946. The summed E-state index contributed by atoms with van der Waals surface area (Å²) < 4.78 is 6.35. The Morgan fingerprint density at radius 2 is 2.03 bits per heavy atom. The normalized spacial score (nSPS) is 21.9. The van der Waals surface area contributed by atoms with Crippen LogP contribution in [0.4, 0.5) is 0 Å². The number of esters is 1. The molecule has 5 rings (SSSR count). The molecule has 0 aliphatic carbocycles. The first kappa shape index (κ1) is 18.8. The third kappa shape index (κ3) is 2.26. The van der Waals surface area contributed by atoms with Crippen LogP contribution in [0.1, 0.15) is 48.8 Å². The molecule has 0 radical (unpaired) electrons. The van der Waals surface area contributed by atoms with Gasteiger partial charge >= 0.3 is 5.97 Å². The molecule has 4 heterocycles. The van der Waals surface area contributed by atoms with Crippen molar-refractivity contribution in [2.24, 2.45) is 0 Å². The maximum atomic E-state index is 13.3. The number of cyclic esters (lactones) is 1. The molecule has 0 fully saturated rings. The molecule has 8 heteroatoms. The van der Waals surface area contributed by atoms with Gasteiger partial charge in [0.1, 0.15) is 5.75 Å². The number of nitrogens with zero attached hydrogens (tertiary/aromatic N) is 2. The van der Waals surface area contributed by atoms with Crippen molar-refractivity contribution >= 4 is 16.9 Å². The highest BCUT2D eigenvalue weighted by Crippen LogP contribution is 2.42. The Morgan fingerprint density at radius 1 is 1.27 bits per heavy atom. The van der Waals surface area contributed by atoms with E-state index in [2.05, 4.69) is 0 Å². The summed E-state index contributed by atoms with van der Waals surface area (Å²) in [6, 6.07) is 6.49. The highest BCUT2D eigenvalue weighted by Gasteiger charge is 2.48. The maximum Gasteiger partial charge on any atom is 0.345 e. The van der Waals surface area contributed by atoms with Crippen molar-refractivity contribution in [1.82, 2.24) is 9.55 Å². The number of ether oxygens (including phenoxy) is 1. The molecule has 8 nitrogen and oxygen atoms in total. The largest absolute Gasteiger partial charge is 0.508 e. The van der Waals surface area contributed by atoms with Crippen LogP contribution in [0, 0.1) is 0 Å². The number of hydrogen-bond donors (Lipinski definition) is 3. The molecule has 154 valence electrons. The zero-order valence-corrected chi connectivity index (χ0v) is 16.5. The third-order valence-corrected chi connectivity index (χ3v) is 6.20. The van der Waals surface area contributed by atoms with Crippen LogP contribution in [-0.4, -0.2) is 30.8 Å². The Labute approximate surface area is 171 Å². The van der Waals surface area contributed by atoms with Crippen LogP contribution in [0.25, 0.3) is 22.3 Å². The summed E-state index contributed by atoms with van der Waals surface area (Å²) in [6.07, 6.45) is -1.08. The standard InChI is InChI=1S/C22H20N2O6/c1-3-11-12-7-10(25)5-6-15(12)23-18-13(11)9-24-16(18)8-14-17(19(24)26)20(27)30-21(28)22(14,29)4-2/h5-8,20,25,27,29H,3-4,9H2,1-2H3/t20?,22-/m0/s1/i11+1. The van der Waals surface area contributed by atoms with Crippen molar-refractivity contribution in [3.63, 3.8) is 0 Å².